The zero-order valence-corrected chi connectivity index (χ0v) is 18.0. The first kappa shape index (κ1) is 22.4. The molecule has 0 fully saturated rings. The number of halogens is 3. The molecule has 0 aliphatic heterocycles. The Kier molecular flexibility index (Phi) is 8.00. The highest BCUT2D eigenvalue weighted by Crippen LogP contribution is 2.30. The van der Waals surface area contributed by atoms with Crippen molar-refractivity contribution in [1.82, 2.24) is 10.6 Å². The van der Waals surface area contributed by atoms with Crippen LogP contribution < -0.4 is 25.4 Å². The summed E-state index contributed by atoms with van der Waals surface area (Å²) in [7, 11) is 3.04. The van der Waals surface area contributed by atoms with E-state index in [4.69, 9.17) is 56.5 Å². The fourth-order valence-corrected chi connectivity index (χ4v) is 2.78. The van der Waals surface area contributed by atoms with Crippen LogP contribution in [0.3, 0.4) is 0 Å². The maximum Gasteiger partial charge on any atom is 0.256 e. The van der Waals surface area contributed by atoms with Gasteiger partial charge in [-0.2, -0.15) is 0 Å². The number of amides is 1. The fourth-order valence-electron chi connectivity index (χ4n) is 2.21. The number of carbonyl (C=O) groups excluding carboxylic acids is 1. The highest BCUT2D eigenvalue weighted by molar-refractivity contribution is 7.80. The lowest BCUT2D eigenvalue weighted by Gasteiger charge is -2.28. The second-order valence-corrected chi connectivity index (χ2v) is 8.25. The quantitative estimate of drug-likeness (QED) is 0.341. The first-order chi connectivity index (χ1) is 13.2. The van der Waals surface area contributed by atoms with Gasteiger partial charge in [-0.1, -0.05) is 46.9 Å². The van der Waals surface area contributed by atoms with Gasteiger partial charge in [0.15, 0.2) is 5.11 Å². The van der Waals surface area contributed by atoms with E-state index in [0.717, 1.165) is 0 Å². The average Bonchev–Trinajstić information content (AvgIpc) is 2.67. The normalized spacial score (nSPS) is 11.9. The number of ether oxygens (including phenoxy) is 2. The van der Waals surface area contributed by atoms with E-state index in [2.05, 4.69) is 16.0 Å². The highest BCUT2D eigenvalue weighted by Gasteiger charge is 2.35. The van der Waals surface area contributed by atoms with Gasteiger partial charge in [0.1, 0.15) is 17.7 Å². The predicted octanol–water partition coefficient (Wildman–Crippen LogP) is 4.12. The minimum atomic E-state index is -1.87. The van der Waals surface area contributed by atoms with Crippen molar-refractivity contribution in [3.8, 4) is 11.5 Å². The van der Waals surface area contributed by atoms with Crippen molar-refractivity contribution in [2.75, 3.05) is 19.5 Å². The van der Waals surface area contributed by atoms with Crippen LogP contribution in [0.2, 0.25) is 0 Å². The van der Waals surface area contributed by atoms with Gasteiger partial charge in [0, 0.05) is 5.69 Å². The maximum absolute atomic E-state index is 12.6. The topological polar surface area (TPSA) is 71.6 Å². The van der Waals surface area contributed by atoms with Crippen molar-refractivity contribution in [1.29, 1.82) is 0 Å². The van der Waals surface area contributed by atoms with Crippen LogP contribution in [0.4, 0.5) is 5.69 Å². The zero-order chi connectivity index (χ0) is 20.7. The molecule has 0 aliphatic rings. The Balaban J connectivity index is 2.08. The molecule has 2 aromatic rings. The van der Waals surface area contributed by atoms with E-state index in [1.165, 1.54) is 7.11 Å². The molecule has 0 saturated heterocycles. The van der Waals surface area contributed by atoms with Crippen LogP contribution in [-0.2, 0) is 0 Å². The number of carbonyl (C=O) groups is 1. The van der Waals surface area contributed by atoms with Gasteiger partial charge in [0.2, 0.25) is 3.79 Å². The second kappa shape index (κ2) is 10.0. The Bertz CT molecular complexity index is 829. The summed E-state index contributed by atoms with van der Waals surface area (Å²) in [5, 5.41) is 8.50. The molecule has 2 rings (SSSR count). The summed E-state index contributed by atoms with van der Waals surface area (Å²) >= 11 is 23.3. The Labute approximate surface area is 183 Å². The van der Waals surface area contributed by atoms with Crippen LogP contribution in [0.25, 0.3) is 0 Å². The van der Waals surface area contributed by atoms with Crippen molar-refractivity contribution in [2.24, 2.45) is 0 Å². The average molecular weight is 463 g/mol. The van der Waals surface area contributed by atoms with Gasteiger partial charge in [-0.25, -0.2) is 0 Å². The lowest BCUT2D eigenvalue weighted by Crippen LogP contribution is -2.56. The molecule has 0 bridgehead atoms. The summed E-state index contributed by atoms with van der Waals surface area (Å²) in [5.41, 5.74) is 0.984. The van der Waals surface area contributed by atoms with Crippen molar-refractivity contribution in [2.45, 2.75) is 9.96 Å². The Morgan fingerprint density at radius 1 is 1.00 bits per heavy atom. The molecule has 0 aromatic heterocycles. The number of para-hydroxylation sites is 1. The summed E-state index contributed by atoms with van der Waals surface area (Å²) < 4.78 is 8.41. The molecule has 2 aromatic carbocycles. The summed E-state index contributed by atoms with van der Waals surface area (Å²) in [6.45, 7) is 0. The molecule has 3 N–H and O–H groups in total. The van der Waals surface area contributed by atoms with E-state index in [9.17, 15) is 4.79 Å². The van der Waals surface area contributed by atoms with E-state index >= 15 is 0 Å². The molecule has 1 atom stereocenters. The Hall–Kier alpha value is -1.93. The number of hydrogen-bond donors (Lipinski definition) is 3. The minimum absolute atomic E-state index is 0.154. The monoisotopic (exact) mass is 461 g/mol. The number of rotatable bonds is 6. The molecule has 0 aliphatic carbocycles. The SMILES string of the molecule is COc1ccc(NC(=S)NC(NC(=O)c2ccccc2OC)C(Cl)(Cl)Cl)cc1. The van der Waals surface area contributed by atoms with E-state index < -0.39 is 15.9 Å². The molecule has 0 saturated carbocycles. The van der Waals surface area contributed by atoms with Crippen molar-refractivity contribution >= 4 is 63.7 Å². The third-order valence-corrected chi connectivity index (χ3v) is 4.45. The van der Waals surface area contributed by atoms with Crippen molar-refractivity contribution in [3.05, 3.63) is 54.1 Å². The number of anilines is 1. The Morgan fingerprint density at radius 2 is 1.64 bits per heavy atom. The van der Waals surface area contributed by atoms with Gasteiger partial charge < -0.3 is 25.4 Å². The van der Waals surface area contributed by atoms with Gasteiger partial charge in [-0.15, -0.1) is 0 Å². The molecule has 6 nitrogen and oxygen atoms in total. The summed E-state index contributed by atoms with van der Waals surface area (Å²) in [6.07, 6.45) is -1.10. The van der Waals surface area contributed by atoms with Crippen molar-refractivity contribution in [3.63, 3.8) is 0 Å². The molecule has 0 heterocycles. The maximum atomic E-state index is 12.6. The van der Waals surface area contributed by atoms with Crippen LogP contribution in [0.15, 0.2) is 48.5 Å². The zero-order valence-electron chi connectivity index (χ0n) is 15.0. The van der Waals surface area contributed by atoms with Crippen LogP contribution in [0, 0.1) is 0 Å². The Morgan fingerprint density at radius 3 is 2.21 bits per heavy atom. The van der Waals surface area contributed by atoms with Crippen molar-refractivity contribution < 1.29 is 14.3 Å². The second-order valence-electron chi connectivity index (χ2n) is 5.48. The van der Waals surface area contributed by atoms with E-state index in [0.29, 0.717) is 22.7 Å². The predicted molar refractivity (Wildman–Crippen MR) is 117 cm³/mol. The fraction of sp³-hybridized carbons (Fsp3) is 0.222. The first-order valence-corrected chi connectivity index (χ1v) is 9.51. The third-order valence-electron chi connectivity index (χ3n) is 3.58. The van der Waals surface area contributed by atoms with Gasteiger partial charge in [-0.05, 0) is 48.6 Å². The molecule has 1 amide bonds. The number of hydrogen-bond acceptors (Lipinski definition) is 4. The van der Waals surface area contributed by atoms with Crippen LogP contribution in [-0.4, -0.2) is 35.2 Å². The number of nitrogens with one attached hydrogen (secondary N) is 3. The summed E-state index contributed by atoms with van der Waals surface area (Å²) in [4.78, 5) is 12.6. The van der Waals surface area contributed by atoms with E-state index in [1.54, 1.807) is 55.6 Å². The number of thiocarbonyl (C=S) groups is 1. The highest BCUT2D eigenvalue weighted by atomic mass is 35.6. The van der Waals surface area contributed by atoms with Gasteiger partial charge in [0.25, 0.3) is 5.91 Å². The van der Waals surface area contributed by atoms with E-state index in [1.807, 2.05) is 0 Å². The van der Waals surface area contributed by atoms with Gasteiger partial charge >= 0.3 is 0 Å². The molecule has 0 radical (unpaired) electrons. The number of benzene rings is 2. The molecule has 1 unspecified atom stereocenters. The largest absolute Gasteiger partial charge is 0.497 e. The number of alkyl halides is 3. The molecular weight excluding hydrogens is 445 g/mol. The summed E-state index contributed by atoms with van der Waals surface area (Å²) in [6, 6.07) is 13.8. The lowest BCUT2D eigenvalue weighted by molar-refractivity contribution is 0.0931. The van der Waals surface area contributed by atoms with Gasteiger partial charge in [-0.3, -0.25) is 4.79 Å². The minimum Gasteiger partial charge on any atom is -0.497 e. The summed E-state index contributed by atoms with van der Waals surface area (Å²) in [5.74, 6) is 0.600. The smallest absolute Gasteiger partial charge is 0.256 e. The first-order valence-electron chi connectivity index (χ1n) is 7.96. The van der Waals surface area contributed by atoms with Gasteiger partial charge in [0.05, 0.1) is 19.8 Å². The molecule has 150 valence electrons. The van der Waals surface area contributed by atoms with Crippen LogP contribution in [0.1, 0.15) is 10.4 Å². The molecule has 10 heteroatoms. The molecular formula is C18H18Cl3N3O3S. The lowest BCUT2D eigenvalue weighted by atomic mass is 10.2. The number of methoxy groups -OCH3 is 2. The van der Waals surface area contributed by atoms with Crippen LogP contribution in [0.5, 0.6) is 11.5 Å². The van der Waals surface area contributed by atoms with Crippen LogP contribution >= 0.6 is 47.0 Å². The molecule has 28 heavy (non-hydrogen) atoms. The molecule has 0 spiro atoms. The standard InChI is InChI=1S/C18H18Cl3N3O3S/c1-26-12-9-7-11(8-10-12)22-17(28)24-16(18(19,20)21)23-15(25)13-5-3-4-6-14(13)27-2/h3-10,16H,1-2H3,(H,23,25)(H2,22,24,28). The van der Waals surface area contributed by atoms with E-state index in [-0.39, 0.29) is 5.11 Å². The third kappa shape index (κ3) is 6.31.